The van der Waals surface area contributed by atoms with Crippen LogP contribution in [0.4, 0.5) is 0 Å². The highest BCUT2D eigenvalue weighted by molar-refractivity contribution is 4.94. The Hall–Kier alpha value is -0.0400. The van der Waals surface area contributed by atoms with Crippen molar-refractivity contribution in [2.45, 2.75) is 93.5 Å². The maximum absolute atomic E-state index is 5.93. The third-order valence-electron chi connectivity index (χ3n) is 2.96. The maximum atomic E-state index is 5.93. The Morgan fingerprint density at radius 1 is 1.06 bits per heavy atom. The van der Waals surface area contributed by atoms with Crippen molar-refractivity contribution in [1.29, 1.82) is 0 Å². The third-order valence-corrected chi connectivity index (χ3v) is 2.96. The van der Waals surface area contributed by atoms with Gasteiger partial charge in [0.25, 0.3) is 0 Å². The van der Waals surface area contributed by atoms with Crippen LogP contribution in [0.25, 0.3) is 0 Å². The van der Waals surface area contributed by atoms with Gasteiger partial charge in [-0.1, -0.05) is 55.4 Å². The highest BCUT2D eigenvalue weighted by atomic mass is 14.7. The molecule has 1 saturated carbocycles. The largest absolute Gasteiger partial charge is 0.328 e. The van der Waals surface area contributed by atoms with Crippen molar-refractivity contribution < 1.29 is 0 Å². The molecule has 1 fully saturated rings. The van der Waals surface area contributed by atoms with Crippen LogP contribution in [0, 0.1) is 5.41 Å². The van der Waals surface area contributed by atoms with Crippen LogP contribution in [-0.2, 0) is 0 Å². The molecule has 0 amide bonds. The molecule has 0 aliphatic heterocycles. The van der Waals surface area contributed by atoms with Crippen LogP contribution in [0.3, 0.4) is 0 Å². The first-order chi connectivity index (χ1) is 7.22. The molecule has 102 valence electrons. The molecule has 1 heteroatoms. The molecular weight excluding hydrogens is 194 g/mol. The summed E-state index contributed by atoms with van der Waals surface area (Å²) in [5.74, 6) is 0. The third kappa shape index (κ3) is 9.21. The van der Waals surface area contributed by atoms with E-state index < -0.39 is 0 Å². The first-order valence-electron chi connectivity index (χ1n) is 6.98. The summed E-state index contributed by atoms with van der Waals surface area (Å²) in [5, 5.41) is 0. The van der Waals surface area contributed by atoms with Crippen molar-refractivity contribution in [3.05, 3.63) is 0 Å². The molecule has 0 spiro atoms. The van der Waals surface area contributed by atoms with E-state index in [-0.39, 0.29) is 7.43 Å². The van der Waals surface area contributed by atoms with E-state index in [4.69, 9.17) is 5.73 Å². The zero-order chi connectivity index (χ0) is 12.3. The summed E-state index contributed by atoms with van der Waals surface area (Å²) in [7, 11) is 0. The molecule has 1 atom stereocenters. The molecule has 0 saturated heterocycles. The van der Waals surface area contributed by atoms with Crippen LogP contribution in [0.5, 0.6) is 0 Å². The highest BCUT2D eigenvalue weighted by Crippen LogP contribution is 2.53. The zero-order valence-corrected chi connectivity index (χ0v) is 11.9. The monoisotopic (exact) mass is 231 g/mol. The minimum Gasteiger partial charge on any atom is -0.328 e. The van der Waals surface area contributed by atoms with E-state index in [2.05, 4.69) is 13.8 Å². The molecule has 0 bridgehead atoms. The molecule has 0 aromatic rings. The average Bonchev–Trinajstić information content (AvgIpc) is 3.04. The van der Waals surface area contributed by atoms with Gasteiger partial charge in [-0.2, -0.15) is 0 Å². The Labute approximate surface area is 105 Å². The van der Waals surface area contributed by atoms with Gasteiger partial charge in [0.05, 0.1) is 0 Å². The maximum Gasteiger partial charge on any atom is 0.00414 e. The van der Waals surface area contributed by atoms with Gasteiger partial charge in [0.1, 0.15) is 0 Å². The molecule has 16 heavy (non-hydrogen) atoms. The van der Waals surface area contributed by atoms with Crippen LogP contribution in [0.2, 0.25) is 0 Å². The van der Waals surface area contributed by atoms with Crippen LogP contribution in [0.1, 0.15) is 87.5 Å². The Kier molecular flexibility index (Phi) is 17.3. The SMILES string of the molecule is C.CC.CC.CCCC1(CC(N)CC)CC1. The molecule has 1 rings (SSSR count). The summed E-state index contributed by atoms with van der Waals surface area (Å²) >= 11 is 0. The molecule has 1 unspecified atom stereocenters. The summed E-state index contributed by atoms with van der Waals surface area (Å²) in [6.45, 7) is 12.5. The van der Waals surface area contributed by atoms with Gasteiger partial charge in [0.2, 0.25) is 0 Å². The fourth-order valence-corrected chi connectivity index (χ4v) is 1.96. The van der Waals surface area contributed by atoms with Crippen molar-refractivity contribution in [2.24, 2.45) is 11.1 Å². The van der Waals surface area contributed by atoms with Gasteiger partial charge >= 0.3 is 0 Å². The fraction of sp³-hybridized carbons (Fsp3) is 1.00. The van der Waals surface area contributed by atoms with Crippen molar-refractivity contribution >= 4 is 0 Å². The predicted octanol–water partition coefficient (Wildman–Crippen LogP) is 5.38. The Morgan fingerprint density at radius 2 is 1.50 bits per heavy atom. The summed E-state index contributed by atoms with van der Waals surface area (Å²) in [6.07, 6.45) is 8.03. The number of hydrogen-bond donors (Lipinski definition) is 1. The van der Waals surface area contributed by atoms with Crippen molar-refractivity contribution in [1.82, 2.24) is 0 Å². The zero-order valence-electron chi connectivity index (χ0n) is 11.9. The Balaban J connectivity index is -0.000000305. The van der Waals surface area contributed by atoms with E-state index in [9.17, 15) is 0 Å². The van der Waals surface area contributed by atoms with Gasteiger partial charge < -0.3 is 5.73 Å². The lowest BCUT2D eigenvalue weighted by atomic mass is 9.91. The molecule has 0 aromatic carbocycles. The van der Waals surface area contributed by atoms with E-state index in [1.165, 1.54) is 32.1 Å². The van der Waals surface area contributed by atoms with Gasteiger partial charge in [0.15, 0.2) is 0 Å². The predicted molar refractivity (Wildman–Crippen MR) is 78.9 cm³/mol. The van der Waals surface area contributed by atoms with E-state index in [1.807, 2.05) is 27.7 Å². The number of nitrogens with two attached hydrogens (primary N) is 1. The van der Waals surface area contributed by atoms with Crippen molar-refractivity contribution in [2.75, 3.05) is 0 Å². The van der Waals surface area contributed by atoms with Gasteiger partial charge in [-0.05, 0) is 37.5 Å². The minimum atomic E-state index is 0. The van der Waals surface area contributed by atoms with E-state index in [0.29, 0.717) is 11.5 Å². The van der Waals surface area contributed by atoms with E-state index in [0.717, 1.165) is 6.42 Å². The summed E-state index contributed by atoms with van der Waals surface area (Å²) in [6, 6.07) is 0.462. The Bertz CT molecular complexity index is 117. The highest BCUT2D eigenvalue weighted by Gasteiger charge is 2.41. The van der Waals surface area contributed by atoms with Crippen molar-refractivity contribution in [3.63, 3.8) is 0 Å². The van der Waals surface area contributed by atoms with E-state index in [1.54, 1.807) is 0 Å². The quantitative estimate of drug-likeness (QED) is 0.675. The molecular formula is C15H37N. The van der Waals surface area contributed by atoms with Gasteiger partial charge in [-0.3, -0.25) is 0 Å². The van der Waals surface area contributed by atoms with E-state index >= 15 is 0 Å². The van der Waals surface area contributed by atoms with Crippen LogP contribution in [-0.4, -0.2) is 6.04 Å². The summed E-state index contributed by atoms with van der Waals surface area (Å²) in [5.41, 5.74) is 6.63. The second-order valence-corrected chi connectivity index (χ2v) is 4.12. The summed E-state index contributed by atoms with van der Waals surface area (Å²) < 4.78 is 0. The second kappa shape index (κ2) is 13.0. The van der Waals surface area contributed by atoms with Crippen LogP contribution >= 0.6 is 0 Å². The van der Waals surface area contributed by atoms with Crippen LogP contribution < -0.4 is 5.73 Å². The molecule has 0 aromatic heterocycles. The average molecular weight is 231 g/mol. The lowest BCUT2D eigenvalue weighted by Crippen LogP contribution is -2.23. The first-order valence-corrected chi connectivity index (χ1v) is 6.98. The standard InChI is InChI=1S/C10H21N.2C2H6.CH4/c1-3-5-10(6-7-10)8-9(11)4-2;2*1-2;/h9H,3-8,11H2,1-2H3;2*1-2H3;1H4. The van der Waals surface area contributed by atoms with Gasteiger partial charge in [-0.15, -0.1) is 0 Å². The fourth-order valence-electron chi connectivity index (χ4n) is 1.96. The Morgan fingerprint density at radius 3 is 1.75 bits per heavy atom. The topological polar surface area (TPSA) is 26.0 Å². The summed E-state index contributed by atoms with van der Waals surface area (Å²) in [4.78, 5) is 0. The molecule has 1 nitrogen and oxygen atoms in total. The number of hydrogen-bond acceptors (Lipinski definition) is 1. The first kappa shape index (κ1) is 21.3. The normalized spacial score (nSPS) is 16.7. The lowest BCUT2D eigenvalue weighted by Gasteiger charge is -2.17. The number of rotatable bonds is 5. The second-order valence-electron chi connectivity index (χ2n) is 4.12. The molecule has 1 aliphatic carbocycles. The molecule has 2 N–H and O–H groups in total. The van der Waals surface area contributed by atoms with Gasteiger partial charge in [-0.25, -0.2) is 0 Å². The van der Waals surface area contributed by atoms with Crippen LogP contribution in [0.15, 0.2) is 0 Å². The molecule has 1 aliphatic rings. The lowest BCUT2D eigenvalue weighted by molar-refractivity contribution is 0.376. The molecule has 0 radical (unpaired) electrons. The van der Waals surface area contributed by atoms with Crippen molar-refractivity contribution in [3.8, 4) is 0 Å². The smallest absolute Gasteiger partial charge is 0.00414 e. The van der Waals surface area contributed by atoms with Gasteiger partial charge in [0, 0.05) is 6.04 Å². The molecule has 0 heterocycles. The minimum absolute atomic E-state index is 0.